The van der Waals surface area contributed by atoms with Gasteiger partial charge >= 0.3 is 0 Å². The van der Waals surface area contributed by atoms with Gasteiger partial charge in [-0.05, 0) is 43.0 Å². The normalized spacial score (nSPS) is 26.7. The fourth-order valence-corrected chi connectivity index (χ4v) is 4.32. The van der Waals surface area contributed by atoms with Gasteiger partial charge < -0.3 is 20.1 Å². The van der Waals surface area contributed by atoms with Crippen LogP contribution in [0.4, 0.5) is 0 Å². The number of amides is 1. The molecule has 3 saturated heterocycles. The number of hydrogen-bond acceptors (Lipinski definition) is 4. The van der Waals surface area contributed by atoms with E-state index in [4.69, 9.17) is 9.47 Å². The van der Waals surface area contributed by atoms with Gasteiger partial charge in [-0.1, -0.05) is 18.2 Å². The van der Waals surface area contributed by atoms with E-state index in [9.17, 15) is 4.79 Å². The smallest absolute Gasteiger partial charge is 0.220 e. The Morgan fingerprint density at radius 1 is 1.21 bits per heavy atom. The van der Waals surface area contributed by atoms with Crippen LogP contribution in [0.1, 0.15) is 30.7 Å². The number of rotatable bonds is 4. The van der Waals surface area contributed by atoms with Crippen LogP contribution in [0.5, 0.6) is 5.75 Å². The van der Waals surface area contributed by atoms with Gasteiger partial charge in [0.1, 0.15) is 5.75 Å². The first-order chi connectivity index (χ1) is 11.8. The highest BCUT2D eigenvalue weighted by Gasteiger charge is 2.45. The standard InChI is InChI=1S/C19H26N2O3/c22-18-9-19(5-7-20-8-6-19)16(10-21-18)15-3-1-2-4-17(15)24-13-14-11-23-12-14/h1-4,14,16,20H,5-13H2,(H,21,22). The maximum absolute atomic E-state index is 12.1. The summed E-state index contributed by atoms with van der Waals surface area (Å²) in [7, 11) is 0. The third-order valence-electron chi connectivity index (χ3n) is 5.83. The Morgan fingerprint density at radius 2 is 2.00 bits per heavy atom. The molecule has 4 rings (SSSR count). The second kappa shape index (κ2) is 6.73. The van der Waals surface area contributed by atoms with Gasteiger partial charge in [0.15, 0.2) is 0 Å². The molecule has 130 valence electrons. The first-order valence-electron chi connectivity index (χ1n) is 9.04. The molecule has 0 saturated carbocycles. The molecule has 24 heavy (non-hydrogen) atoms. The van der Waals surface area contributed by atoms with Gasteiger partial charge in [-0.2, -0.15) is 0 Å². The van der Waals surface area contributed by atoms with Gasteiger partial charge in [0.2, 0.25) is 5.91 Å². The van der Waals surface area contributed by atoms with Crippen LogP contribution in [0.15, 0.2) is 24.3 Å². The topological polar surface area (TPSA) is 59.6 Å². The Balaban J connectivity index is 1.59. The summed E-state index contributed by atoms with van der Waals surface area (Å²) in [6.45, 7) is 5.02. The first-order valence-corrected chi connectivity index (χ1v) is 9.04. The number of hydrogen-bond donors (Lipinski definition) is 2. The fraction of sp³-hybridized carbons (Fsp3) is 0.632. The second-order valence-corrected chi connectivity index (χ2v) is 7.40. The van der Waals surface area contributed by atoms with Crippen molar-refractivity contribution in [3.05, 3.63) is 29.8 Å². The number of piperidine rings is 2. The van der Waals surface area contributed by atoms with Crippen LogP contribution in [-0.2, 0) is 9.53 Å². The van der Waals surface area contributed by atoms with Crippen molar-refractivity contribution in [3.8, 4) is 5.75 Å². The largest absolute Gasteiger partial charge is 0.493 e. The molecular weight excluding hydrogens is 304 g/mol. The third kappa shape index (κ3) is 3.03. The van der Waals surface area contributed by atoms with Crippen molar-refractivity contribution in [3.63, 3.8) is 0 Å². The molecule has 0 radical (unpaired) electrons. The highest BCUT2D eigenvalue weighted by atomic mass is 16.5. The van der Waals surface area contributed by atoms with Gasteiger partial charge in [0, 0.05) is 24.8 Å². The molecule has 5 heteroatoms. The molecule has 2 N–H and O–H groups in total. The number of benzene rings is 1. The lowest BCUT2D eigenvalue weighted by molar-refractivity contribution is -0.127. The molecule has 3 aliphatic heterocycles. The van der Waals surface area contributed by atoms with Crippen molar-refractivity contribution in [2.45, 2.75) is 25.2 Å². The summed E-state index contributed by atoms with van der Waals surface area (Å²) in [6, 6.07) is 8.37. The van der Waals surface area contributed by atoms with E-state index in [1.165, 1.54) is 5.56 Å². The van der Waals surface area contributed by atoms with Gasteiger partial charge in [-0.3, -0.25) is 4.79 Å². The van der Waals surface area contributed by atoms with Crippen LogP contribution >= 0.6 is 0 Å². The molecule has 3 heterocycles. The molecular formula is C19H26N2O3. The van der Waals surface area contributed by atoms with Gasteiger partial charge in [-0.15, -0.1) is 0 Å². The quantitative estimate of drug-likeness (QED) is 0.882. The van der Waals surface area contributed by atoms with Crippen molar-refractivity contribution < 1.29 is 14.3 Å². The van der Waals surface area contributed by atoms with Crippen molar-refractivity contribution in [2.75, 3.05) is 39.5 Å². The molecule has 3 fully saturated rings. The minimum absolute atomic E-state index is 0.0621. The van der Waals surface area contributed by atoms with Crippen molar-refractivity contribution in [2.24, 2.45) is 11.3 Å². The van der Waals surface area contributed by atoms with E-state index in [-0.39, 0.29) is 11.3 Å². The Kier molecular flexibility index (Phi) is 4.46. The summed E-state index contributed by atoms with van der Waals surface area (Å²) in [5, 5.41) is 6.52. The predicted octanol–water partition coefficient (Wildman–Crippen LogP) is 1.69. The molecule has 0 aliphatic carbocycles. The summed E-state index contributed by atoms with van der Waals surface area (Å²) in [4.78, 5) is 12.1. The summed E-state index contributed by atoms with van der Waals surface area (Å²) < 4.78 is 11.4. The van der Waals surface area contributed by atoms with E-state index in [0.29, 0.717) is 31.4 Å². The van der Waals surface area contributed by atoms with Crippen molar-refractivity contribution in [1.82, 2.24) is 10.6 Å². The molecule has 1 aromatic rings. The van der Waals surface area contributed by atoms with Crippen molar-refractivity contribution >= 4 is 5.91 Å². The monoisotopic (exact) mass is 330 g/mol. The summed E-state index contributed by atoms with van der Waals surface area (Å²) in [6.07, 6.45) is 2.73. The van der Waals surface area contributed by atoms with E-state index in [1.807, 2.05) is 6.07 Å². The number of ether oxygens (including phenoxy) is 2. The van der Waals surface area contributed by atoms with Crippen LogP contribution in [0.2, 0.25) is 0 Å². The molecule has 1 amide bonds. The van der Waals surface area contributed by atoms with Gasteiger partial charge in [0.25, 0.3) is 0 Å². The fourth-order valence-electron chi connectivity index (χ4n) is 4.32. The molecule has 1 aromatic carbocycles. The Morgan fingerprint density at radius 3 is 2.75 bits per heavy atom. The average Bonchev–Trinajstić information content (AvgIpc) is 2.55. The highest BCUT2D eigenvalue weighted by Crippen LogP contribution is 2.49. The predicted molar refractivity (Wildman–Crippen MR) is 91.2 cm³/mol. The molecule has 5 nitrogen and oxygen atoms in total. The minimum atomic E-state index is 0.0621. The SMILES string of the molecule is O=C1CC2(CCNCC2)C(c2ccccc2OCC2COC2)CN1. The lowest BCUT2D eigenvalue weighted by Crippen LogP contribution is -2.51. The summed E-state index contributed by atoms with van der Waals surface area (Å²) in [5.74, 6) is 2.00. The first kappa shape index (κ1) is 15.9. The van der Waals surface area contributed by atoms with Crippen LogP contribution in [-0.4, -0.2) is 45.4 Å². The van der Waals surface area contributed by atoms with Crippen molar-refractivity contribution in [1.29, 1.82) is 0 Å². The van der Waals surface area contributed by atoms with Gasteiger partial charge in [0.05, 0.1) is 19.8 Å². The van der Waals surface area contributed by atoms with E-state index in [1.54, 1.807) is 0 Å². The van der Waals surface area contributed by atoms with Crippen LogP contribution in [0.3, 0.4) is 0 Å². The number of carbonyl (C=O) groups is 1. The summed E-state index contributed by atoms with van der Waals surface area (Å²) >= 11 is 0. The second-order valence-electron chi connectivity index (χ2n) is 7.40. The number of carbonyl (C=O) groups excluding carboxylic acids is 1. The Bertz CT molecular complexity index is 594. The molecule has 1 spiro atoms. The maximum Gasteiger partial charge on any atom is 0.220 e. The molecule has 1 atom stereocenters. The van der Waals surface area contributed by atoms with Crippen LogP contribution in [0, 0.1) is 11.3 Å². The zero-order valence-electron chi connectivity index (χ0n) is 14.1. The molecule has 0 aromatic heterocycles. The number of nitrogens with one attached hydrogen (secondary N) is 2. The van der Waals surface area contributed by atoms with E-state index in [2.05, 4.69) is 28.8 Å². The maximum atomic E-state index is 12.1. The zero-order valence-corrected chi connectivity index (χ0v) is 14.1. The van der Waals surface area contributed by atoms with Gasteiger partial charge in [-0.25, -0.2) is 0 Å². The molecule has 3 aliphatic rings. The van der Waals surface area contributed by atoms with Crippen LogP contribution in [0.25, 0.3) is 0 Å². The number of para-hydroxylation sites is 1. The third-order valence-corrected chi connectivity index (χ3v) is 5.83. The average molecular weight is 330 g/mol. The molecule has 1 unspecified atom stereocenters. The minimum Gasteiger partial charge on any atom is -0.493 e. The van der Waals surface area contributed by atoms with E-state index in [0.717, 1.165) is 44.9 Å². The lowest BCUT2D eigenvalue weighted by atomic mass is 9.62. The van der Waals surface area contributed by atoms with Crippen LogP contribution < -0.4 is 15.4 Å². The highest BCUT2D eigenvalue weighted by molar-refractivity contribution is 5.78. The lowest BCUT2D eigenvalue weighted by Gasteiger charge is -2.47. The summed E-state index contributed by atoms with van der Waals surface area (Å²) in [5.41, 5.74) is 1.31. The van der Waals surface area contributed by atoms with E-state index >= 15 is 0 Å². The Hall–Kier alpha value is -1.59. The Labute approximate surface area is 143 Å². The van der Waals surface area contributed by atoms with E-state index < -0.39 is 0 Å². The molecule has 0 bridgehead atoms. The zero-order chi connectivity index (χ0) is 16.4.